The van der Waals surface area contributed by atoms with Crippen LogP contribution in [-0.4, -0.2) is 34.6 Å². The Bertz CT molecular complexity index is 395. The molecule has 0 spiro atoms. The zero-order valence-corrected chi connectivity index (χ0v) is 13.1. The molecule has 0 aliphatic carbocycles. The van der Waals surface area contributed by atoms with E-state index in [0.717, 1.165) is 18.4 Å². The first kappa shape index (κ1) is 16.7. The van der Waals surface area contributed by atoms with Crippen LogP contribution in [-0.2, 0) is 11.3 Å². The number of H-pyrrole nitrogens is 1. The van der Waals surface area contributed by atoms with Gasteiger partial charge in [0.1, 0.15) is 0 Å². The van der Waals surface area contributed by atoms with E-state index < -0.39 is 0 Å². The van der Waals surface area contributed by atoms with Crippen molar-refractivity contribution in [2.75, 3.05) is 13.6 Å². The van der Waals surface area contributed by atoms with Crippen molar-refractivity contribution in [3.8, 4) is 0 Å². The number of carbonyl (C=O) groups excluding carboxylic acids is 1. The first-order valence-electron chi connectivity index (χ1n) is 7.26. The number of hydrogen-bond acceptors (Lipinski definition) is 3. The van der Waals surface area contributed by atoms with Gasteiger partial charge in [0.2, 0.25) is 5.91 Å². The summed E-state index contributed by atoms with van der Waals surface area (Å²) in [5.41, 5.74) is 6.90. The Morgan fingerprint density at radius 3 is 2.65 bits per heavy atom. The van der Waals surface area contributed by atoms with Gasteiger partial charge in [0.25, 0.3) is 0 Å². The number of nitrogens with two attached hydrogens (primary N) is 1. The van der Waals surface area contributed by atoms with E-state index >= 15 is 0 Å². The van der Waals surface area contributed by atoms with Crippen molar-refractivity contribution in [1.82, 2.24) is 15.1 Å². The second-order valence-corrected chi connectivity index (χ2v) is 6.54. The Balaban J connectivity index is 2.44. The standard InChI is InChI=1S/C15H28N4O/c1-15(2,3)13(7-8-16)5-6-14(20)19(4)11-12-9-17-18-10-12/h9-10,13H,5-8,11,16H2,1-4H3,(H,17,18). The minimum Gasteiger partial charge on any atom is -0.341 e. The monoisotopic (exact) mass is 280 g/mol. The maximum Gasteiger partial charge on any atom is 0.222 e. The summed E-state index contributed by atoms with van der Waals surface area (Å²) >= 11 is 0. The molecule has 0 saturated carbocycles. The van der Waals surface area contributed by atoms with E-state index in [2.05, 4.69) is 31.0 Å². The highest BCUT2D eigenvalue weighted by Gasteiger charge is 2.24. The first-order valence-corrected chi connectivity index (χ1v) is 7.26. The SMILES string of the molecule is CN(Cc1cn[nH]c1)C(=O)CCC(CCN)C(C)(C)C. The van der Waals surface area contributed by atoms with E-state index in [-0.39, 0.29) is 11.3 Å². The molecule has 1 aromatic heterocycles. The van der Waals surface area contributed by atoms with Gasteiger partial charge in [-0.15, -0.1) is 0 Å². The van der Waals surface area contributed by atoms with Gasteiger partial charge in [-0.05, 0) is 30.7 Å². The number of nitrogens with one attached hydrogen (secondary N) is 1. The largest absolute Gasteiger partial charge is 0.341 e. The molecule has 1 amide bonds. The van der Waals surface area contributed by atoms with E-state index in [1.54, 1.807) is 11.1 Å². The van der Waals surface area contributed by atoms with Gasteiger partial charge in [0.15, 0.2) is 0 Å². The van der Waals surface area contributed by atoms with E-state index in [4.69, 9.17) is 5.73 Å². The fourth-order valence-electron chi connectivity index (χ4n) is 2.43. The quantitative estimate of drug-likeness (QED) is 0.803. The van der Waals surface area contributed by atoms with Crippen LogP contribution in [0.25, 0.3) is 0 Å². The molecule has 0 radical (unpaired) electrons. The molecule has 1 unspecified atom stereocenters. The Hall–Kier alpha value is -1.36. The second kappa shape index (κ2) is 7.43. The summed E-state index contributed by atoms with van der Waals surface area (Å²) in [7, 11) is 1.84. The van der Waals surface area contributed by atoms with E-state index in [0.29, 0.717) is 25.4 Å². The maximum absolute atomic E-state index is 12.2. The molecule has 1 heterocycles. The van der Waals surface area contributed by atoms with Crippen molar-refractivity contribution < 1.29 is 4.79 Å². The summed E-state index contributed by atoms with van der Waals surface area (Å²) < 4.78 is 0. The molecule has 0 aliphatic rings. The predicted molar refractivity (Wildman–Crippen MR) is 80.9 cm³/mol. The first-order chi connectivity index (χ1) is 9.34. The summed E-state index contributed by atoms with van der Waals surface area (Å²) in [6.07, 6.45) is 6.01. The third-order valence-electron chi connectivity index (χ3n) is 3.85. The molecule has 0 saturated heterocycles. The minimum atomic E-state index is 0.178. The maximum atomic E-state index is 12.2. The van der Waals surface area contributed by atoms with Crippen LogP contribution in [0.5, 0.6) is 0 Å². The second-order valence-electron chi connectivity index (χ2n) is 6.54. The summed E-state index contributed by atoms with van der Waals surface area (Å²) in [4.78, 5) is 13.9. The van der Waals surface area contributed by atoms with E-state index in [1.807, 2.05) is 13.2 Å². The Labute approximate surface area is 121 Å². The van der Waals surface area contributed by atoms with Gasteiger partial charge >= 0.3 is 0 Å². The van der Waals surface area contributed by atoms with Crippen molar-refractivity contribution >= 4 is 5.91 Å². The third kappa shape index (κ3) is 5.33. The summed E-state index contributed by atoms with van der Waals surface area (Å²) in [6, 6.07) is 0. The van der Waals surface area contributed by atoms with Crippen molar-refractivity contribution in [3.05, 3.63) is 18.0 Å². The van der Waals surface area contributed by atoms with Gasteiger partial charge in [-0.1, -0.05) is 20.8 Å². The van der Waals surface area contributed by atoms with Gasteiger partial charge in [0.05, 0.1) is 6.20 Å². The lowest BCUT2D eigenvalue weighted by atomic mass is 9.76. The number of nitrogens with zero attached hydrogens (tertiary/aromatic N) is 2. The lowest BCUT2D eigenvalue weighted by molar-refractivity contribution is -0.130. The number of carbonyl (C=O) groups is 1. The molecule has 3 N–H and O–H groups in total. The summed E-state index contributed by atoms with van der Waals surface area (Å²) in [5.74, 6) is 0.663. The highest BCUT2D eigenvalue weighted by Crippen LogP contribution is 2.32. The molecule has 1 aromatic rings. The fraction of sp³-hybridized carbons (Fsp3) is 0.733. The average Bonchev–Trinajstić information content (AvgIpc) is 2.85. The molecule has 114 valence electrons. The Kier molecular flexibility index (Phi) is 6.20. The number of amides is 1. The Morgan fingerprint density at radius 1 is 1.45 bits per heavy atom. The van der Waals surface area contributed by atoms with Gasteiger partial charge in [-0.2, -0.15) is 5.10 Å². The lowest BCUT2D eigenvalue weighted by Gasteiger charge is -2.31. The van der Waals surface area contributed by atoms with E-state index in [1.165, 1.54) is 0 Å². The van der Waals surface area contributed by atoms with Crippen molar-refractivity contribution in [1.29, 1.82) is 0 Å². The molecule has 0 fully saturated rings. The normalized spacial score (nSPS) is 13.2. The number of aromatic nitrogens is 2. The third-order valence-corrected chi connectivity index (χ3v) is 3.85. The highest BCUT2D eigenvalue weighted by atomic mass is 16.2. The fourth-order valence-corrected chi connectivity index (χ4v) is 2.43. The topological polar surface area (TPSA) is 75.0 Å². The molecule has 0 bridgehead atoms. The van der Waals surface area contributed by atoms with Crippen LogP contribution >= 0.6 is 0 Å². The van der Waals surface area contributed by atoms with Gasteiger partial charge in [0, 0.05) is 31.8 Å². The van der Waals surface area contributed by atoms with E-state index in [9.17, 15) is 4.79 Å². The highest BCUT2D eigenvalue weighted by molar-refractivity contribution is 5.75. The number of aromatic amines is 1. The number of hydrogen-bond donors (Lipinski definition) is 2. The van der Waals surface area contributed by atoms with Crippen LogP contribution < -0.4 is 5.73 Å². The Morgan fingerprint density at radius 2 is 2.15 bits per heavy atom. The van der Waals surface area contributed by atoms with Gasteiger partial charge in [-0.3, -0.25) is 9.89 Å². The molecule has 0 aromatic carbocycles. The summed E-state index contributed by atoms with van der Waals surface area (Å²) in [6.45, 7) is 7.93. The molecular weight excluding hydrogens is 252 g/mol. The van der Waals surface area contributed by atoms with Crippen LogP contribution in [0.2, 0.25) is 0 Å². The zero-order valence-electron chi connectivity index (χ0n) is 13.1. The van der Waals surface area contributed by atoms with Crippen LogP contribution in [0.3, 0.4) is 0 Å². The molecule has 20 heavy (non-hydrogen) atoms. The zero-order chi connectivity index (χ0) is 15.2. The van der Waals surface area contributed by atoms with Crippen LogP contribution in [0, 0.1) is 11.3 Å². The molecular formula is C15H28N4O. The number of rotatable bonds is 7. The van der Waals surface area contributed by atoms with Gasteiger partial charge in [-0.25, -0.2) is 0 Å². The van der Waals surface area contributed by atoms with Crippen molar-refractivity contribution in [3.63, 3.8) is 0 Å². The van der Waals surface area contributed by atoms with Crippen molar-refractivity contribution in [2.45, 2.75) is 46.6 Å². The van der Waals surface area contributed by atoms with Crippen LogP contribution in [0.15, 0.2) is 12.4 Å². The molecule has 0 aliphatic heterocycles. The van der Waals surface area contributed by atoms with Crippen LogP contribution in [0.4, 0.5) is 0 Å². The average molecular weight is 280 g/mol. The molecule has 5 nitrogen and oxygen atoms in total. The molecule has 5 heteroatoms. The summed E-state index contributed by atoms with van der Waals surface area (Å²) in [5, 5.41) is 6.65. The smallest absolute Gasteiger partial charge is 0.222 e. The van der Waals surface area contributed by atoms with Gasteiger partial charge < -0.3 is 10.6 Å². The lowest BCUT2D eigenvalue weighted by Crippen LogP contribution is -2.29. The van der Waals surface area contributed by atoms with Crippen LogP contribution in [0.1, 0.15) is 45.6 Å². The molecule has 1 rings (SSSR count). The molecule has 1 atom stereocenters. The van der Waals surface area contributed by atoms with Crippen molar-refractivity contribution in [2.24, 2.45) is 17.1 Å². The predicted octanol–water partition coefficient (Wildman–Crippen LogP) is 2.16. The minimum absolute atomic E-state index is 0.178.